The second-order valence-corrected chi connectivity index (χ2v) is 8.29. The molecular formula is C13H21N3O3S2. The Labute approximate surface area is 129 Å². The van der Waals surface area contributed by atoms with Crippen LogP contribution in [0.5, 0.6) is 0 Å². The van der Waals surface area contributed by atoms with E-state index in [1.54, 1.807) is 11.3 Å². The van der Waals surface area contributed by atoms with E-state index in [-0.39, 0.29) is 11.8 Å². The van der Waals surface area contributed by atoms with Crippen molar-refractivity contribution >= 4 is 27.3 Å². The largest absolute Gasteiger partial charge is 0.355 e. The number of nitrogens with one attached hydrogen (secondary N) is 1. The molecule has 1 aliphatic rings. The molecule has 8 heteroatoms. The summed E-state index contributed by atoms with van der Waals surface area (Å²) in [6.45, 7) is 3.40. The predicted octanol–water partition coefficient (Wildman–Crippen LogP) is 0.782. The molecule has 1 aliphatic heterocycles. The average Bonchev–Trinajstić information content (AvgIpc) is 2.83. The van der Waals surface area contributed by atoms with Gasteiger partial charge in [0.1, 0.15) is 0 Å². The smallest absolute Gasteiger partial charge is 0.223 e. The van der Waals surface area contributed by atoms with Crippen molar-refractivity contribution in [1.29, 1.82) is 0 Å². The third-order valence-corrected chi connectivity index (χ3v) is 5.93. The quantitative estimate of drug-likeness (QED) is 0.865. The molecular weight excluding hydrogens is 310 g/mol. The van der Waals surface area contributed by atoms with E-state index in [9.17, 15) is 13.2 Å². The van der Waals surface area contributed by atoms with Gasteiger partial charge in [0.25, 0.3) is 0 Å². The number of hydrogen-bond donors (Lipinski definition) is 1. The van der Waals surface area contributed by atoms with Crippen molar-refractivity contribution in [2.75, 3.05) is 25.9 Å². The molecule has 0 saturated carbocycles. The van der Waals surface area contributed by atoms with Crippen molar-refractivity contribution < 1.29 is 13.2 Å². The number of carbonyl (C=O) groups is 1. The first-order chi connectivity index (χ1) is 9.86. The summed E-state index contributed by atoms with van der Waals surface area (Å²) in [5.74, 6) is -0.0579. The summed E-state index contributed by atoms with van der Waals surface area (Å²) in [7, 11) is -3.13. The molecule has 0 spiro atoms. The van der Waals surface area contributed by atoms with Gasteiger partial charge in [0.05, 0.1) is 11.3 Å². The molecule has 1 aromatic rings. The molecule has 1 amide bonds. The minimum Gasteiger partial charge on any atom is -0.355 e. The van der Waals surface area contributed by atoms with Crippen LogP contribution in [0.4, 0.5) is 0 Å². The Hall–Kier alpha value is -0.990. The second kappa shape index (κ2) is 6.85. The molecule has 0 aromatic carbocycles. The van der Waals surface area contributed by atoms with Crippen LogP contribution in [-0.2, 0) is 21.2 Å². The van der Waals surface area contributed by atoms with Crippen LogP contribution < -0.4 is 5.32 Å². The highest BCUT2D eigenvalue weighted by molar-refractivity contribution is 7.88. The highest BCUT2D eigenvalue weighted by atomic mass is 32.2. The van der Waals surface area contributed by atoms with Gasteiger partial charge in [0.2, 0.25) is 15.9 Å². The van der Waals surface area contributed by atoms with E-state index >= 15 is 0 Å². The lowest BCUT2D eigenvalue weighted by molar-refractivity contribution is -0.126. The van der Waals surface area contributed by atoms with Gasteiger partial charge < -0.3 is 5.32 Å². The number of amides is 1. The molecule has 0 atom stereocenters. The molecule has 1 aromatic heterocycles. The van der Waals surface area contributed by atoms with Gasteiger partial charge in [-0.3, -0.25) is 4.79 Å². The number of carbonyl (C=O) groups excluding carboxylic acids is 1. The number of nitrogens with zero attached hydrogens (tertiary/aromatic N) is 2. The van der Waals surface area contributed by atoms with Crippen molar-refractivity contribution in [2.24, 2.45) is 5.92 Å². The monoisotopic (exact) mass is 331 g/mol. The summed E-state index contributed by atoms with van der Waals surface area (Å²) in [6, 6.07) is 0. The number of thiazole rings is 1. The number of sulfonamides is 1. The SMILES string of the molecule is Cc1csc(CCNC(=O)C2CCN(S(C)(=O)=O)CC2)n1. The summed E-state index contributed by atoms with van der Waals surface area (Å²) >= 11 is 1.60. The summed E-state index contributed by atoms with van der Waals surface area (Å²) in [6.07, 6.45) is 3.14. The van der Waals surface area contributed by atoms with Crippen molar-refractivity contribution in [3.05, 3.63) is 16.1 Å². The van der Waals surface area contributed by atoms with Crippen LogP contribution in [0, 0.1) is 12.8 Å². The van der Waals surface area contributed by atoms with Crippen molar-refractivity contribution in [1.82, 2.24) is 14.6 Å². The standard InChI is InChI=1S/C13H21N3O3S2/c1-10-9-20-12(15-10)3-6-14-13(17)11-4-7-16(8-5-11)21(2,18)19/h9,11H,3-8H2,1-2H3,(H,14,17). The van der Waals surface area contributed by atoms with Gasteiger partial charge in [-0.05, 0) is 19.8 Å². The lowest BCUT2D eigenvalue weighted by Gasteiger charge is -2.29. The van der Waals surface area contributed by atoms with Gasteiger partial charge in [-0.2, -0.15) is 0 Å². The fourth-order valence-electron chi connectivity index (χ4n) is 2.40. The molecule has 118 valence electrons. The van der Waals surface area contributed by atoms with Gasteiger partial charge in [0, 0.05) is 43.0 Å². The lowest BCUT2D eigenvalue weighted by Crippen LogP contribution is -2.42. The first-order valence-electron chi connectivity index (χ1n) is 7.00. The summed E-state index contributed by atoms with van der Waals surface area (Å²) < 4.78 is 24.3. The number of hydrogen-bond acceptors (Lipinski definition) is 5. The number of rotatable bonds is 5. The molecule has 2 rings (SSSR count). The molecule has 1 N–H and O–H groups in total. The zero-order valence-corrected chi connectivity index (χ0v) is 14.0. The van der Waals surface area contributed by atoms with Gasteiger partial charge >= 0.3 is 0 Å². The van der Waals surface area contributed by atoms with Crippen LogP contribution >= 0.6 is 11.3 Å². The molecule has 1 saturated heterocycles. The van der Waals surface area contributed by atoms with Gasteiger partial charge in [-0.15, -0.1) is 11.3 Å². The van der Waals surface area contributed by atoms with Crippen LogP contribution in [0.2, 0.25) is 0 Å². The molecule has 0 unspecified atom stereocenters. The number of aromatic nitrogens is 1. The van der Waals surface area contributed by atoms with Crippen molar-refractivity contribution in [3.8, 4) is 0 Å². The summed E-state index contributed by atoms with van der Waals surface area (Å²) in [4.78, 5) is 16.4. The number of piperidine rings is 1. The number of aryl methyl sites for hydroxylation is 1. The molecule has 2 heterocycles. The van der Waals surface area contributed by atoms with Crippen molar-refractivity contribution in [2.45, 2.75) is 26.2 Å². The third-order valence-electron chi connectivity index (χ3n) is 3.60. The predicted molar refractivity (Wildman–Crippen MR) is 82.7 cm³/mol. The zero-order chi connectivity index (χ0) is 15.5. The van der Waals surface area contributed by atoms with E-state index in [1.807, 2.05) is 12.3 Å². The molecule has 1 fully saturated rings. The summed E-state index contributed by atoms with van der Waals surface area (Å²) in [5, 5.41) is 5.95. The highest BCUT2D eigenvalue weighted by Gasteiger charge is 2.28. The van der Waals surface area contributed by atoms with E-state index in [1.165, 1.54) is 10.6 Å². The van der Waals surface area contributed by atoms with Crippen LogP contribution in [0.25, 0.3) is 0 Å². The minimum atomic E-state index is -3.13. The van der Waals surface area contributed by atoms with E-state index in [0.29, 0.717) is 32.5 Å². The van der Waals surface area contributed by atoms with E-state index < -0.39 is 10.0 Å². The van der Waals surface area contributed by atoms with Gasteiger partial charge in [-0.25, -0.2) is 17.7 Å². The van der Waals surface area contributed by atoms with Crippen LogP contribution in [0.15, 0.2) is 5.38 Å². The molecule has 0 bridgehead atoms. The highest BCUT2D eigenvalue weighted by Crippen LogP contribution is 2.19. The van der Waals surface area contributed by atoms with Crippen LogP contribution in [-0.4, -0.2) is 49.5 Å². The minimum absolute atomic E-state index is 0.0245. The molecule has 6 nitrogen and oxygen atoms in total. The zero-order valence-electron chi connectivity index (χ0n) is 12.3. The molecule has 0 aliphatic carbocycles. The van der Waals surface area contributed by atoms with Gasteiger partial charge in [0.15, 0.2) is 0 Å². The molecule has 0 radical (unpaired) electrons. The Kier molecular flexibility index (Phi) is 5.34. The first-order valence-corrected chi connectivity index (χ1v) is 9.73. The summed E-state index contributed by atoms with van der Waals surface area (Å²) in [5.41, 5.74) is 1.01. The maximum Gasteiger partial charge on any atom is 0.223 e. The lowest BCUT2D eigenvalue weighted by atomic mass is 9.97. The fraction of sp³-hybridized carbons (Fsp3) is 0.692. The van der Waals surface area contributed by atoms with Crippen LogP contribution in [0.3, 0.4) is 0 Å². The maximum atomic E-state index is 12.1. The second-order valence-electron chi connectivity index (χ2n) is 5.36. The van der Waals surface area contributed by atoms with E-state index in [0.717, 1.165) is 17.1 Å². The third kappa shape index (κ3) is 4.76. The van der Waals surface area contributed by atoms with Gasteiger partial charge in [-0.1, -0.05) is 0 Å². The molecule has 21 heavy (non-hydrogen) atoms. The maximum absolute atomic E-state index is 12.1. The Balaban J connectivity index is 1.72. The van der Waals surface area contributed by atoms with Crippen molar-refractivity contribution in [3.63, 3.8) is 0 Å². The Morgan fingerprint density at radius 1 is 1.48 bits per heavy atom. The Morgan fingerprint density at radius 3 is 2.67 bits per heavy atom. The first kappa shape index (κ1) is 16.4. The van der Waals surface area contributed by atoms with E-state index in [2.05, 4.69) is 10.3 Å². The van der Waals surface area contributed by atoms with E-state index in [4.69, 9.17) is 0 Å². The fourth-order valence-corrected chi connectivity index (χ4v) is 4.05. The Morgan fingerprint density at radius 2 is 2.14 bits per heavy atom. The normalized spacial score (nSPS) is 17.8. The van der Waals surface area contributed by atoms with Crippen LogP contribution in [0.1, 0.15) is 23.5 Å². The topological polar surface area (TPSA) is 79.4 Å². The Bertz CT molecular complexity index is 590. The average molecular weight is 331 g/mol.